The molecule has 30 heavy (non-hydrogen) atoms. The van der Waals surface area contributed by atoms with Gasteiger partial charge in [-0.05, 0) is 12.5 Å². The van der Waals surface area contributed by atoms with Crippen LogP contribution in [-0.2, 0) is 0 Å². The fraction of sp³-hybridized carbons (Fsp3) is 0.263. The maximum atomic E-state index is 13.8. The number of hydrogen-bond donors (Lipinski definition) is 3. The molecule has 1 heterocycles. The molecule has 3 atom stereocenters. The van der Waals surface area contributed by atoms with Crippen LogP contribution in [0.25, 0.3) is 0 Å². The van der Waals surface area contributed by atoms with Crippen molar-refractivity contribution >= 4 is 17.5 Å². The van der Waals surface area contributed by atoms with Gasteiger partial charge in [-0.25, -0.2) is 4.79 Å². The molecule has 1 fully saturated rings. The number of nitro benzene ring substituents is 1. The second-order valence-electron chi connectivity index (χ2n) is 6.90. The van der Waals surface area contributed by atoms with Crippen molar-refractivity contribution in [3.8, 4) is 0 Å². The second kappa shape index (κ2) is 7.41. The smallest absolute Gasteiger partial charge is 0.363 e. The zero-order chi connectivity index (χ0) is 22.3. The van der Waals surface area contributed by atoms with E-state index in [0.29, 0.717) is 0 Å². The minimum absolute atomic E-state index is 0.123. The SMILES string of the molecule is Cc1ccc(C(=O)[C@H]2[C@@H](c3cccc([N+](=O)[O-])c3)NC(=O)N[C@]2(O)C(F)(F)F)cc1. The Kier molecular flexibility index (Phi) is 5.25. The highest BCUT2D eigenvalue weighted by molar-refractivity contribution is 6.00. The number of non-ortho nitro benzene ring substituents is 1. The van der Waals surface area contributed by atoms with Crippen molar-refractivity contribution in [1.82, 2.24) is 10.6 Å². The molecule has 3 N–H and O–H groups in total. The molecule has 0 saturated carbocycles. The number of nitro groups is 1. The topological polar surface area (TPSA) is 122 Å². The number of carbonyl (C=O) groups excluding carboxylic acids is 2. The number of carbonyl (C=O) groups is 2. The van der Waals surface area contributed by atoms with E-state index in [1.807, 2.05) is 0 Å². The molecule has 3 rings (SSSR count). The van der Waals surface area contributed by atoms with Gasteiger partial charge in [0.1, 0.15) is 5.92 Å². The molecule has 1 saturated heterocycles. The predicted molar refractivity (Wildman–Crippen MR) is 97.5 cm³/mol. The molecule has 0 aliphatic carbocycles. The van der Waals surface area contributed by atoms with Crippen molar-refractivity contribution in [2.24, 2.45) is 5.92 Å². The number of ketones is 1. The Morgan fingerprint density at radius 1 is 1.20 bits per heavy atom. The number of Topliss-reactive ketones (excluding diaryl/α,β-unsaturated/α-hetero) is 1. The molecule has 0 unspecified atom stereocenters. The first kappa shape index (κ1) is 21.2. The highest BCUT2D eigenvalue weighted by Gasteiger charge is 2.66. The number of halogens is 3. The monoisotopic (exact) mass is 423 g/mol. The zero-order valence-corrected chi connectivity index (χ0v) is 15.4. The molecule has 158 valence electrons. The number of aryl methyl sites for hydroxylation is 1. The van der Waals surface area contributed by atoms with E-state index in [1.54, 1.807) is 6.92 Å². The Labute approximate surface area is 167 Å². The number of urea groups is 1. The molecule has 0 bridgehead atoms. The lowest BCUT2D eigenvalue weighted by Gasteiger charge is -2.45. The first-order chi connectivity index (χ1) is 13.9. The van der Waals surface area contributed by atoms with E-state index in [2.05, 4.69) is 5.32 Å². The Morgan fingerprint density at radius 2 is 1.83 bits per heavy atom. The van der Waals surface area contributed by atoms with Crippen molar-refractivity contribution in [2.45, 2.75) is 24.9 Å². The van der Waals surface area contributed by atoms with Gasteiger partial charge in [0.15, 0.2) is 5.78 Å². The molecule has 1 aliphatic heterocycles. The Balaban J connectivity index is 2.18. The van der Waals surface area contributed by atoms with E-state index in [1.165, 1.54) is 41.7 Å². The molecule has 1 aliphatic rings. The van der Waals surface area contributed by atoms with Gasteiger partial charge in [0.05, 0.1) is 11.0 Å². The van der Waals surface area contributed by atoms with Gasteiger partial charge in [-0.2, -0.15) is 13.2 Å². The highest BCUT2D eigenvalue weighted by Crippen LogP contribution is 2.44. The first-order valence-electron chi connectivity index (χ1n) is 8.67. The quantitative estimate of drug-likeness (QED) is 0.397. The summed E-state index contributed by atoms with van der Waals surface area (Å²) in [4.78, 5) is 35.3. The number of hydrogen-bond acceptors (Lipinski definition) is 5. The van der Waals surface area contributed by atoms with Crippen LogP contribution >= 0.6 is 0 Å². The van der Waals surface area contributed by atoms with E-state index in [0.717, 1.165) is 17.7 Å². The number of amides is 2. The maximum Gasteiger partial charge on any atom is 0.437 e. The number of alkyl halides is 3. The van der Waals surface area contributed by atoms with Crippen molar-refractivity contribution < 1.29 is 32.8 Å². The van der Waals surface area contributed by atoms with Crippen LogP contribution in [0, 0.1) is 23.0 Å². The standard InChI is InChI=1S/C19H16F3N3O5/c1-10-5-7-11(8-6-10)16(26)14-15(12-3-2-4-13(9-12)25(29)30)23-17(27)24-18(14,28)19(20,21)22/h2-9,14-15,28H,1H3,(H2,23,24,27)/t14-,15-,18-/m1/s1. The van der Waals surface area contributed by atoms with Crippen LogP contribution < -0.4 is 10.6 Å². The number of benzene rings is 2. The number of nitrogens with one attached hydrogen (secondary N) is 2. The number of aliphatic hydroxyl groups is 1. The van der Waals surface area contributed by atoms with Gasteiger partial charge in [0.25, 0.3) is 5.69 Å². The molecule has 2 aromatic rings. The van der Waals surface area contributed by atoms with Crippen LogP contribution in [-0.4, -0.2) is 33.7 Å². The summed E-state index contributed by atoms with van der Waals surface area (Å²) in [5, 5.41) is 25.1. The normalized spacial score (nSPS) is 24.0. The Bertz CT molecular complexity index is 1010. The van der Waals surface area contributed by atoms with E-state index in [4.69, 9.17) is 0 Å². The molecule has 2 amide bonds. The summed E-state index contributed by atoms with van der Waals surface area (Å²) in [5.74, 6) is -3.35. The van der Waals surface area contributed by atoms with Crippen LogP contribution in [0.3, 0.4) is 0 Å². The largest absolute Gasteiger partial charge is 0.437 e. The second-order valence-corrected chi connectivity index (χ2v) is 6.90. The molecule has 2 aromatic carbocycles. The summed E-state index contributed by atoms with van der Waals surface area (Å²) in [6.07, 6.45) is -5.41. The average Bonchev–Trinajstić information content (AvgIpc) is 2.66. The maximum absolute atomic E-state index is 13.8. The van der Waals surface area contributed by atoms with Gasteiger partial charge in [-0.3, -0.25) is 14.9 Å². The van der Waals surface area contributed by atoms with Crippen LogP contribution in [0.2, 0.25) is 0 Å². The van der Waals surface area contributed by atoms with Gasteiger partial charge in [0.2, 0.25) is 5.72 Å². The number of nitrogens with zero attached hydrogens (tertiary/aromatic N) is 1. The predicted octanol–water partition coefficient (Wildman–Crippen LogP) is 3.01. The lowest BCUT2D eigenvalue weighted by Crippen LogP contribution is -2.72. The summed E-state index contributed by atoms with van der Waals surface area (Å²) in [6.45, 7) is 1.72. The molecule has 0 spiro atoms. The highest BCUT2D eigenvalue weighted by atomic mass is 19.4. The first-order valence-corrected chi connectivity index (χ1v) is 8.67. The summed E-state index contributed by atoms with van der Waals surface area (Å²) >= 11 is 0. The third-order valence-corrected chi connectivity index (χ3v) is 4.86. The summed E-state index contributed by atoms with van der Waals surface area (Å²) in [7, 11) is 0. The summed E-state index contributed by atoms with van der Waals surface area (Å²) in [6, 6.07) is 7.07. The van der Waals surface area contributed by atoms with E-state index >= 15 is 0 Å². The summed E-state index contributed by atoms with van der Waals surface area (Å²) < 4.78 is 41.5. The molecule has 0 radical (unpaired) electrons. The molecule has 11 heteroatoms. The van der Waals surface area contributed by atoms with Crippen LogP contribution in [0.15, 0.2) is 48.5 Å². The number of rotatable bonds is 4. The van der Waals surface area contributed by atoms with Crippen molar-refractivity contribution in [3.63, 3.8) is 0 Å². The van der Waals surface area contributed by atoms with Gasteiger partial charge in [0, 0.05) is 17.7 Å². The van der Waals surface area contributed by atoms with Crippen LogP contribution in [0.1, 0.15) is 27.5 Å². The molecule has 8 nitrogen and oxygen atoms in total. The minimum atomic E-state index is -5.41. The fourth-order valence-electron chi connectivity index (χ4n) is 3.35. The van der Waals surface area contributed by atoms with E-state index < -0.39 is 46.3 Å². The van der Waals surface area contributed by atoms with Crippen LogP contribution in [0.4, 0.5) is 23.7 Å². The third-order valence-electron chi connectivity index (χ3n) is 4.86. The van der Waals surface area contributed by atoms with Crippen molar-refractivity contribution in [3.05, 3.63) is 75.3 Å². The van der Waals surface area contributed by atoms with Gasteiger partial charge >= 0.3 is 12.2 Å². The lowest BCUT2D eigenvalue weighted by atomic mass is 9.77. The fourth-order valence-corrected chi connectivity index (χ4v) is 3.35. The van der Waals surface area contributed by atoms with E-state index in [9.17, 15) is 38.0 Å². The van der Waals surface area contributed by atoms with E-state index in [-0.39, 0.29) is 11.1 Å². The molecular weight excluding hydrogens is 407 g/mol. The average molecular weight is 423 g/mol. The van der Waals surface area contributed by atoms with Crippen molar-refractivity contribution in [2.75, 3.05) is 0 Å². The van der Waals surface area contributed by atoms with Gasteiger partial charge in [-0.15, -0.1) is 0 Å². The zero-order valence-electron chi connectivity index (χ0n) is 15.4. The van der Waals surface area contributed by atoms with Gasteiger partial charge < -0.3 is 15.7 Å². The lowest BCUT2D eigenvalue weighted by molar-refractivity contribution is -0.385. The third kappa shape index (κ3) is 3.71. The van der Waals surface area contributed by atoms with Gasteiger partial charge in [-0.1, -0.05) is 42.0 Å². The molecular formula is C19H16F3N3O5. The molecule has 0 aromatic heterocycles. The Morgan fingerprint density at radius 3 is 2.40 bits per heavy atom. The minimum Gasteiger partial charge on any atom is -0.363 e. The summed E-state index contributed by atoms with van der Waals surface area (Å²) in [5.41, 5.74) is -3.85. The Hall–Kier alpha value is -3.47. The van der Waals surface area contributed by atoms with Crippen molar-refractivity contribution in [1.29, 1.82) is 0 Å². The van der Waals surface area contributed by atoms with Crippen LogP contribution in [0.5, 0.6) is 0 Å².